The molecule has 0 bridgehead atoms. The van der Waals surface area contributed by atoms with Gasteiger partial charge in [-0.3, -0.25) is 0 Å². The summed E-state index contributed by atoms with van der Waals surface area (Å²) in [7, 11) is -3.48. The van der Waals surface area contributed by atoms with Crippen LogP contribution in [-0.4, -0.2) is 55.1 Å². The largest absolute Gasteiger partial charge is 0.388 e. The Kier molecular flexibility index (Phi) is 8.45. The second kappa shape index (κ2) is 8.37. The highest BCUT2D eigenvalue weighted by Gasteiger charge is 2.26. The van der Waals surface area contributed by atoms with Crippen LogP contribution in [0, 0.1) is 0 Å². The molecular weight excluding hydrogens is 272 g/mol. The molecule has 0 amide bonds. The maximum atomic E-state index is 12.1. The lowest BCUT2D eigenvalue weighted by molar-refractivity contribution is 0.0903. The molecule has 0 heterocycles. The molecule has 1 unspecified atom stereocenters. The molecule has 0 aromatic carbocycles. The smallest absolute Gasteiger partial charge is 0.279 e. The minimum absolute atomic E-state index is 0.0418. The summed E-state index contributed by atoms with van der Waals surface area (Å²) in [4.78, 5) is 0. The Morgan fingerprint density at radius 1 is 1.28 bits per heavy atom. The van der Waals surface area contributed by atoms with Crippen molar-refractivity contribution in [3.63, 3.8) is 0 Å². The summed E-state index contributed by atoms with van der Waals surface area (Å²) in [5.74, 6) is 0.497. The van der Waals surface area contributed by atoms with Crippen LogP contribution in [-0.2, 0) is 10.2 Å². The predicted octanol–water partition coefficient (Wildman–Crippen LogP) is 1.06. The molecule has 0 aliphatic carbocycles. The molecule has 18 heavy (non-hydrogen) atoms. The number of nitrogens with zero attached hydrogens (tertiary/aromatic N) is 1. The fourth-order valence-electron chi connectivity index (χ4n) is 1.55. The van der Waals surface area contributed by atoms with Gasteiger partial charge in [-0.15, -0.1) is 0 Å². The molecule has 0 aromatic rings. The van der Waals surface area contributed by atoms with Crippen molar-refractivity contribution in [3.8, 4) is 0 Å². The molecule has 0 aliphatic rings. The van der Waals surface area contributed by atoms with Crippen LogP contribution in [0.1, 0.15) is 33.6 Å². The van der Waals surface area contributed by atoms with Crippen LogP contribution in [0.4, 0.5) is 0 Å². The van der Waals surface area contributed by atoms with Gasteiger partial charge in [0.1, 0.15) is 0 Å². The van der Waals surface area contributed by atoms with Gasteiger partial charge in [0.25, 0.3) is 10.2 Å². The first-order valence-electron chi connectivity index (χ1n) is 6.25. The Morgan fingerprint density at radius 3 is 2.17 bits per heavy atom. The SMILES string of the molecule is CCCN(CCC)S(=O)(=O)NCC(C)(O)CSC. The van der Waals surface area contributed by atoms with Crippen molar-refractivity contribution in [2.45, 2.75) is 39.2 Å². The van der Waals surface area contributed by atoms with Crippen molar-refractivity contribution in [2.75, 3.05) is 31.6 Å². The number of hydrogen-bond acceptors (Lipinski definition) is 4. The van der Waals surface area contributed by atoms with Gasteiger partial charge >= 0.3 is 0 Å². The number of rotatable bonds is 10. The zero-order chi connectivity index (χ0) is 14.2. The lowest BCUT2D eigenvalue weighted by Crippen LogP contribution is -2.48. The van der Waals surface area contributed by atoms with Gasteiger partial charge in [0.2, 0.25) is 0 Å². The first-order chi connectivity index (χ1) is 8.29. The van der Waals surface area contributed by atoms with E-state index in [0.717, 1.165) is 12.8 Å². The van der Waals surface area contributed by atoms with E-state index in [2.05, 4.69) is 4.72 Å². The van der Waals surface area contributed by atoms with E-state index < -0.39 is 15.8 Å². The zero-order valence-corrected chi connectivity index (χ0v) is 13.4. The fourth-order valence-corrected chi connectivity index (χ4v) is 3.80. The minimum atomic E-state index is -3.48. The predicted molar refractivity (Wildman–Crippen MR) is 78.1 cm³/mol. The van der Waals surface area contributed by atoms with Gasteiger partial charge in [-0.05, 0) is 26.0 Å². The third-order valence-electron chi connectivity index (χ3n) is 2.38. The maximum absolute atomic E-state index is 12.1. The second-order valence-corrected chi connectivity index (χ2v) is 7.28. The summed E-state index contributed by atoms with van der Waals surface area (Å²) in [5.41, 5.74) is -1.02. The van der Waals surface area contributed by atoms with E-state index in [1.807, 2.05) is 20.1 Å². The quantitative estimate of drug-likeness (QED) is 0.633. The van der Waals surface area contributed by atoms with Crippen LogP contribution < -0.4 is 4.72 Å². The van der Waals surface area contributed by atoms with E-state index in [1.54, 1.807) is 6.92 Å². The minimum Gasteiger partial charge on any atom is -0.388 e. The van der Waals surface area contributed by atoms with Gasteiger partial charge in [0, 0.05) is 25.4 Å². The molecule has 0 saturated carbocycles. The molecule has 0 aromatic heterocycles. The van der Waals surface area contributed by atoms with Crippen molar-refractivity contribution < 1.29 is 13.5 Å². The normalized spacial score (nSPS) is 15.9. The standard InChI is InChI=1S/C11H26N2O3S2/c1-5-7-13(8-6-2)18(15,16)12-9-11(3,14)10-17-4/h12,14H,5-10H2,1-4H3. The van der Waals surface area contributed by atoms with Crippen molar-refractivity contribution in [1.82, 2.24) is 9.03 Å². The van der Waals surface area contributed by atoms with Crippen molar-refractivity contribution in [2.24, 2.45) is 0 Å². The summed E-state index contributed by atoms with van der Waals surface area (Å²) in [5, 5.41) is 9.95. The Morgan fingerprint density at radius 2 is 1.78 bits per heavy atom. The Labute approximate surface area is 116 Å². The van der Waals surface area contributed by atoms with E-state index in [-0.39, 0.29) is 6.54 Å². The van der Waals surface area contributed by atoms with Crippen molar-refractivity contribution >= 4 is 22.0 Å². The van der Waals surface area contributed by atoms with Crippen LogP contribution >= 0.6 is 11.8 Å². The van der Waals surface area contributed by atoms with Crippen LogP contribution in [0.3, 0.4) is 0 Å². The van der Waals surface area contributed by atoms with Gasteiger partial charge < -0.3 is 5.11 Å². The van der Waals surface area contributed by atoms with Crippen LogP contribution in [0.25, 0.3) is 0 Å². The Hall–Kier alpha value is 0.180. The summed E-state index contributed by atoms with van der Waals surface area (Å²) in [6.07, 6.45) is 3.44. The highest BCUT2D eigenvalue weighted by atomic mass is 32.2. The van der Waals surface area contributed by atoms with Crippen molar-refractivity contribution in [3.05, 3.63) is 0 Å². The number of thioether (sulfide) groups is 1. The van der Waals surface area contributed by atoms with Gasteiger partial charge in [-0.2, -0.15) is 29.2 Å². The number of nitrogens with one attached hydrogen (secondary N) is 1. The summed E-state index contributed by atoms with van der Waals surface area (Å²) in [6, 6.07) is 0. The van der Waals surface area contributed by atoms with Gasteiger partial charge in [-0.25, -0.2) is 0 Å². The molecule has 0 saturated heterocycles. The van der Waals surface area contributed by atoms with E-state index in [0.29, 0.717) is 18.8 Å². The first-order valence-corrected chi connectivity index (χ1v) is 9.08. The van der Waals surface area contributed by atoms with E-state index in [9.17, 15) is 13.5 Å². The molecule has 1 atom stereocenters. The first kappa shape index (κ1) is 18.2. The summed E-state index contributed by atoms with van der Waals surface area (Å²) in [6.45, 7) is 6.59. The summed E-state index contributed by atoms with van der Waals surface area (Å²) >= 11 is 1.49. The van der Waals surface area contributed by atoms with Crippen LogP contribution in [0.5, 0.6) is 0 Å². The average molecular weight is 298 g/mol. The molecule has 0 fully saturated rings. The van der Waals surface area contributed by atoms with E-state index >= 15 is 0 Å². The molecular formula is C11H26N2O3S2. The van der Waals surface area contributed by atoms with Crippen LogP contribution in [0.2, 0.25) is 0 Å². The molecule has 5 nitrogen and oxygen atoms in total. The molecule has 0 spiro atoms. The molecule has 0 radical (unpaired) electrons. The Bertz CT molecular complexity index is 312. The highest BCUT2D eigenvalue weighted by molar-refractivity contribution is 7.98. The number of aliphatic hydroxyl groups is 1. The van der Waals surface area contributed by atoms with Crippen LogP contribution in [0.15, 0.2) is 0 Å². The molecule has 110 valence electrons. The highest BCUT2D eigenvalue weighted by Crippen LogP contribution is 2.10. The fraction of sp³-hybridized carbons (Fsp3) is 1.00. The third-order valence-corrected chi connectivity index (χ3v) is 4.84. The molecule has 2 N–H and O–H groups in total. The van der Waals surface area contributed by atoms with Gasteiger partial charge in [-0.1, -0.05) is 13.8 Å². The van der Waals surface area contributed by atoms with E-state index in [1.165, 1.54) is 16.1 Å². The van der Waals surface area contributed by atoms with Crippen molar-refractivity contribution in [1.29, 1.82) is 0 Å². The lowest BCUT2D eigenvalue weighted by Gasteiger charge is -2.26. The van der Waals surface area contributed by atoms with E-state index in [4.69, 9.17) is 0 Å². The van der Waals surface area contributed by atoms with Gasteiger partial charge in [0.05, 0.1) is 5.60 Å². The topological polar surface area (TPSA) is 69.6 Å². The molecule has 0 rings (SSSR count). The second-order valence-electron chi connectivity index (χ2n) is 4.66. The monoisotopic (exact) mass is 298 g/mol. The lowest BCUT2D eigenvalue weighted by atomic mass is 10.1. The zero-order valence-electron chi connectivity index (χ0n) is 11.8. The Balaban J connectivity index is 4.52. The average Bonchev–Trinajstić information content (AvgIpc) is 2.26. The number of hydrogen-bond donors (Lipinski definition) is 2. The van der Waals surface area contributed by atoms with Gasteiger partial charge in [0.15, 0.2) is 0 Å². The maximum Gasteiger partial charge on any atom is 0.279 e. The third kappa shape index (κ3) is 6.94. The molecule has 0 aliphatic heterocycles. The molecule has 7 heteroatoms. The summed E-state index contributed by atoms with van der Waals surface area (Å²) < 4.78 is 28.0.